The van der Waals surface area contributed by atoms with Gasteiger partial charge in [-0.25, -0.2) is 19.3 Å². The summed E-state index contributed by atoms with van der Waals surface area (Å²) in [5, 5.41) is 11.2. The Bertz CT molecular complexity index is 1010. The molecule has 4 rings (SSSR count). The predicted molar refractivity (Wildman–Crippen MR) is 93.9 cm³/mol. The minimum atomic E-state index is -0.240. The maximum absolute atomic E-state index is 12.6. The number of hydrogen-bond donors (Lipinski definition) is 1. The molecule has 0 unspecified atom stereocenters. The van der Waals surface area contributed by atoms with E-state index in [4.69, 9.17) is 0 Å². The summed E-state index contributed by atoms with van der Waals surface area (Å²) >= 11 is 0. The number of carbonyl (C=O) groups is 1. The summed E-state index contributed by atoms with van der Waals surface area (Å²) in [6.07, 6.45) is 8.13. The number of benzene rings is 1. The van der Waals surface area contributed by atoms with E-state index in [1.54, 1.807) is 29.2 Å². The van der Waals surface area contributed by atoms with E-state index in [1.165, 1.54) is 17.3 Å². The quantitative estimate of drug-likeness (QED) is 0.595. The lowest BCUT2D eigenvalue weighted by Gasteiger charge is -2.08. The summed E-state index contributed by atoms with van der Waals surface area (Å²) < 4.78 is 3.23. The molecule has 0 aliphatic rings. The number of pyridine rings is 1. The van der Waals surface area contributed by atoms with Crippen molar-refractivity contribution in [1.82, 2.24) is 34.8 Å². The van der Waals surface area contributed by atoms with Crippen LogP contribution >= 0.6 is 0 Å². The lowest BCUT2D eigenvalue weighted by Crippen LogP contribution is -2.24. The number of amides is 1. The standard InChI is InChI=1S/C18H15N7O/c26-18(16-7-4-8-20-17(16)25-13-19-12-23-25)21-9-14-10-22-24(11-14)15-5-2-1-3-6-15/h1-8,10-13H,9H2,(H,21,26). The van der Waals surface area contributed by atoms with Crippen LogP contribution in [0, 0.1) is 0 Å². The van der Waals surface area contributed by atoms with Crippen LogP contribution in [0.1, 0.15) is 15.9 Å². The summed E-state index contributed by atoms with van der Waals surface area (Å²) in [6, 6.07) is 13.2. The molecule has 0 radical (unpaired) electrons. The molecule has 0 bridgehead atoms. The number of rotatable bonds is 5. The second-order valence-corrected chi connectivity index (χ2v) is 5.53. The van der Waals surface area contributed by atoms with Crippen molar-refractivity contribution in [3.05, 3.63) is 84.8 Å². The number of nitrogens with one attached hydrogen (secondary N) is 1. The smallest absolute Gasteiger partial charge is 0.255 e. The van der Waals surface area contributed by atoms with Gasteiger partial charge in [-0.2, -0.15) is 10.2 Å². The first-order chi connectivity index (χ1) is 12.8. The summed E-state index contributed by atoms with van der Waals surface area (Å²) in [5.74, 6) is 0.193. The van der Waals surface area contributed by atoms with Crippen molar-refractivity contribution < 1.29 is 4.79 Å². The molecule has 3 aromatic heterocycles. The maximum Gasteiger partial charge on any atom is 0.255 e. The zero-order chi connectivity index (χ0) is 17.8. The van der Waals surface area contributed by atoms with Gasteiger partial charge in [0.1, 0.15) is 12.7 Å². The third-order valence-corrected chi connectivity index (χ3v) is 3.78. The van der Waals surface area contributed by atoms with Crippen molar-refractivity contribution in [3.63, 3.8) is 0 Å². The van der Waals surface area contributed by atoms with Crippen molar-refractivity contribution >= 4 is 5.91 Å². The zero-order valence-corrected chi connectivity index (χ0v) is 13.7. The van der Waals surface area contributed by atoms with Gasteiger partial charge in [-0.05, 0) is 24.3 Å². The Morgan fingerprint density at radius 3 is 2.73 bits per heavy atom. The molecule has 0 spiro atoms. The minimum Gasteiger partial charge on any atom is -0.348 e. The molecule has 0 atom stereocenters. The Kier molecular flexibility index (Phi) is 4.21. The Hall–Kier alpha value is -3.81. The van der Waals surface area contributed by atoms with E-state index in [9.17, 15) is 4.79 Å². The van der Waals surface area contributed by atoms with E-state index < -0.39 is 0 Å². The van der Waals surface area contributed by atoms with Crippen molar-refractivity contribution in [2.24, 2.45) is 0 Å². The van der Waals surface area contributed by atoms with E-state index in [-0.39, 0.29) is 5.91 Å². The number of carbonyl (C=O) groups excluding carboxylic acids is 1. The van der Waals surface area contributed by atoms with E-state index in [1.807, 2.05) is 36.5 Å². The summed E-state index contributed by atoms with van der Waals surface area (Å²) in [6.45, 7) is 0.358. The highest BCUT2D eigenvalue weighted by Crippen LogP contribution is 2.11. The van der Waals surface area contributed by atoms with Crippen molar-refractivity contribution in [1.29, 1.82) is 0 Å². The third-order valence-electron chi connectivity index (χ3n) is 3.78. The molecule has 1 aromatic carbocycles. The maximum atomic E-state index is 12.6. The van der Waals surface area contributed by atoms with Gasteiger partial charge < -0.3 is 5.32 Å². The first-order valence-corrected chi connectivity index (χ1v) is 7.98. The van der Waals surface area contributed by atoms with Gasteiger partial charge in [0.25, 0.3) is 5.91 Å². The van der Waals surface area contributed by atoms with E-state index >= 15 is 0 Å². The van der Waals surface area contributed by atoms with Crippen LogP contribution in [0.4, 0.5) is 0 Å². The van der Waals surface area contributed by atoms with Gasteiger partial charge in [-0.3, -0.25) is 4.79 Å². The lowest BCUT2D eigenvalue weighted by molar-refractivity contribution is 0.0950. The van der Waals surface area contributed by atoms with Crippen molar-refractivity contribution in [2.75, 3.05) is 0 Å². The second kappa shape index (κ2) is 6.98. The normalized spacial score (nSPS) is 10.6. The number of nitrogens with zero attached hydrogens (tertiary/aromatic N) is 6. The molecule has 1 N–H and O–H groups in total. The summed E-state index contributed by atoms with van der Waals surface area (Å²) in [7, 11) is 0. The molecule has 1 amide bonds. The molecule has 0 saturated heterocycles. The average molecular weight is 345 g/mol. The highest BCUT2D eigenvalue weighted by atomic mass is 16.1. The van der Waals surface area contributed by atoms with Crippen LogP contribution in [0.25, 0.3) is 11.5 Å². The fraction of sp³-hybridized carbons (Fsp3) is 0.0556. The largest absolute Gasteiger partial charge is 0.348 e. The van der Waals surface area contributed by atoms with Crippen LogP contribution in [0.3, 0.4) is 0 Å². The molecule has 8 nitrogen and oxygen atoms in total. The van der Waals surface area contributed by atoms with Gasteiger partial charge in [0.2, 0.25) is 0 Å². The molecule has 0 aliphatic carbocycles. The van der Waals surface area contributed by atoms with Gasteiger partial charge in [-0.15, -0.1) is 0 Å². The van der Waals surface area contributed by atoms with Crippen LogP contribution in [0.15, 0.2) is 73.7 Å². The summed E-state index contributed by atoms with van der Waals surface area (Å²) in [5.41, 5.74) is 2.28. The molecular weight excluding hydrogens is 330 g/mol. The number of aromatic nitrogens is 6. The van der Waals surface area contributed by atoms with Crippen molar-refractivity contribution in [3.8, 4) is 11.5 Å². The van der Waals surface area contributed by atoms with Crippen molar-refractivity contribution in [2.45, 2.75) is 6.54 Å². The number of para-hydroxylation sites is 1. The highest BCUT2D eigenvalue weighted by Gasteiger charge is 2.14. The van der Waals surface area contributed by atoms with Crippen LogP contribution in [-0.2, 0) is 6.54 Å². The van der Waals surface area contributed by atoms with E-state index in [0.717, 1.165) is 11.3 Å². The van der Waals surface area contributed by atoms with Gasteiger partial charge in [0.15, 0.2) is 5.82 Å². The molecule has 26 heavy (non-hydrogen) atoms. The fourth-order valence-electron chi connectivity index (χ4n) is 2.53. The van der Waals surface area contributed by atoms with Crippen LogP contribution in [0.2, 0.25) is 0 Å². The predicted octanol–water partition coefficient (Wildman–Crippen LogP) is 1.78. The Balaban J connectivity index is 1.48. The van der Waals surface area contributed by atoms with Gasteiger partial charge in [0.05, 0.1) is 17.4 Å². The first-order valence-electron chi connectivity index (χ1n) is 7.98. The molecule has 0 fully saturated rings. The average Bonchev–Trinajstić information content (AvgIpc) is 3.39. The first kappa shape index (κ1) is 15.7. The van der Waals surface area contributed by atoms with E-state index in [2.05, 4.69) is 25.5 Å². The van der Waals surface area contributed by atoms with Crippen LogP contribution < -0.4 is 5.32 Å². The number of hydrogen-bond acceptors (Lipinski definition) is 5. The zero-order valence-electron chi connectivity index (χ0n) is 13.7. The second-order valence-electron chi connectivity index (χ2n) is 5.53. The monoisotopic (exact) mass is 345 g/mol. The minimum absolute atomic E-state index is 0.240. The van der Waals surface area contributed by atoms with Crippen LogP contribution in [-0.4, -0.2) is 35.4 Å². The lowest BCUT2D eigenvalue weighted by atomic mass is 10.2. The molecule has 4 aromatic rings. The van der Waals surface area contributed by atoms with Crippen LogP contribution in [0.5, 0.6) is 0 Å². The molecule has 8 heteroatoms. The SMILES string of the molecule is O=C(NCc1cnn(-c2ccccc2)c1)c1cccnc1-n1cncn1. The fourth-order valence-corrected chi connectivity index (χ4v) is 2.53. The highest BCUT2D eigenvalue weighted by molar-refractivity contribution is 5.96. The van der Waals surface area contributed by atoms with Gasteiger partial charge >= 0.3 is 0 Å². The van der Waals surface area contributed by atoms with Gasteiger partial charge in [-0.1, -0.05) is 18.2 Å². The topological polar surface area (TPSA) is 90.5 Å². The molecule has 0 saturated carbocycles. The molecule has 0 aliphatic heterocycles. The molecular formula is C18H15N7O. The Morgan fingerprint density at radius 2 is 1.92 bits per heavy atom. The molecule has 3 heterocycles. The summed E-state index contributed by atoms with van der Waals surface area (Å²) in [4.78, 5) is 20.7. The third kappa shape index (κ3) is 3.20. The Morgan fingerprint density at radius 1 is 1.04 bits per heavy atom. The Labute approximate surface area is 149 Å². The molecule has 128 valence electrons. The van der Waals surface area contributed by atoms with Gasteiger partial charge in [0, 0.05) is 24.5 Å². The van der Waals surface area contributed by atoms with E-state index in [0.29, 0.717) is 17.9 Å².